The smallest absolute Gasteiger partial charge is 0.0130 e. The van der Waals surface area contributed by atoms with Crippen LogP contribution >= 0.6 is 0 Å². The van der Waals surface area contributed by atoms with Crippen LogP contribution in [-0.2, 0) is 6.42 Å². The summed E-state index contributed by atoms with van der Waals surface area (Å²) in [5, 5.41) is 0. The molecule has 1 heteroatoms. The predicted molar refractivity (Wildman–Crippen MR) is 99.7 cm³/mol. The minimum Gasteiger partial charge on any atom is -0.333 e. The number of hydrogen-bond acceptors (Lipinski definition) is 1. The Labute approximate surface area is 139 Å². The standard InChI is InChI=1S/C21H20.CH5N/c1-17-9-8-14-20(15-17)21(19-12-6-3-7-13-19)16-18-10-4-2-5-11-18;1-2/h2-15,21H,16H2,1H3;2H2,1H3. The van der Waals surface area contributed by atoms with Gasteiger partial charge in [-0.1, -0.05) is 90.5 Å². The highest BCUT2D eigenvalue weighted by Crippen LogP contribution is 2.29. The van der Waals surface area contributed by atoms with Crippen molar-refractivity contribution in [1.29, 1.82) is 0 Å². The van der Waals surface area contributed by atoms with E-state index >= 15 is 0 Å². The molecule has 3 rings (SSSR count). The molecule has 0 spiro atoms. The lowest BCUT2D eigenvalue weighted by molar-refractivity contribution is 0.804. The molecule has 23 heavy (non-hydrogen) atoms. The summed E-state index contributed by atoms with van der Waals surface area (Å²) in [7, 11) is 1.50. The van der Waals surface area contributed by atoms with E-state index in [-0.39, 0.29) is 0 Å². The van der Waals surface area contributed by atoms with Crippen molar-refractivity contribution in [3.8, 4) is 0 Å². The zero-order valence-corrected chi connectivity index (χ0v) is 13.9. The van der Waals surface area contributed by atoms with E-state index in [4.69, 9.17) is 0 Å². The Morgan fingerprint density at radius 2 is 1.26 bits per heavy atom. The maximum atomic E-state index is 4.50. The second-order valence-corrected chi connectivity index (χ2v) is 5.57. The van der Waals surface area contributed by atoms with E-state index in [0.29, 0.717) is 5.92 Å². The van der Waals surface area contributed by atoms with Crippen molar-refractivity contribution in [1.82, 2.24) is 0 Å². The van der Waals surface area contributed by atoms with E-state index in [1.165, 1.54) is 29.3 Å². The van der Waals surface area contributed by atoms with Gasteiger partial charge in [0.25, 0.3) is 0 Å². The highest BCUT2D eigenvalue weighted by molar-refractivity contribution is 5.36. The highest BCUT2D eigenvalue weighted by atomic mass is 14.4. The Hall–Kier alpha value is -2.38. The van der Waals surface area contributed by atoms with E-state index < -0.39 is 0 Å². The topological polar surface area (TPSA) is 26.0 Å². The molecule has 0 aromatic heterocycles. The van der Waals surface area contributed by atoms with E-state index in [0.717, 1.165) is 6.42 Å². The monoisotopic (exact) mass is 303 g/mol. The van der Waals surface area contributed by atoms with Crippen LogP contribution in [0, 0.1) is 6.92 Å². The Morgan fingerprint density at radius 1 is 0.696 bits per heavy atom. The van der Waals surface area contributed by atoms with Crippen LogP contribution < -0.4 is 5.73 Å². The molecule has 1 unspecified atom stereocenters. The molecule has 0 saturated carbocycles. The number of rotatable bonds is 4. The summed E-state index contributed by atoms with van der Waals surface area (Å²) in [4.78, 5) is 0. The van der Waals surface area contributed by atoms with Crippen molar-refractivity contribution < 1.29 is 0 Å². The molecule has 1 nitrogen and oxygen atoms in total. The van der Waals surface area contributed by atoms with Crippen LogP contribution in [0.25, 0.3) is 0 Å². The molecule has 0 aliphatic rings. The minimum atomic E-state index is 0.411. The van der Waals surface area contributed by atoms with Crippen LogP contribution in [0.2, 0.25) is 0 Å². The molecule has 2 N–H and O–H groups in total. The van der Waals surface area contributed by atoms with Crippen molar-refractivity contribution in [3.05, 3.63) is 107 Å². The van der Waals surface area contributed by atoms with Crippen molar-refractivity contribution in [2.24, 2.45) is 5.73 Å². The van der Waals surface area contributed by atoms with Crippen LogP contribution in [0.1, 0.15) is 28.2 Å². The van der Waals surface area contributed by atoms with Gasteiger partial charge < -0.3 is 5.73 Å². The number of aryl methyl sites for hydroxylation is 1. The van der Waals surface area contributed by atoms with Crippen molar-refractivity contribution in [2.75, 3.05) is 7.05 Å². The number of hydrogen-bond donors (Lipinski definition) is 1. The molecular formula is C22H25N. The van der Waals surface area contributed by atoms with Crippen LogP contribution in [0.15, 0.2) is 84.9 Å². The molecule has 0 aliphatic carbocycles. The molecule has 0 amide bonds. The first kappa shape index (κ1) is 17.0. The third-order valence-corrected chi connectivity index (χ3v) is 3.93. The normalized spacial score (nSPS) is 11.3. The summed E-state index contributed by atoms with van der Waals surface area (Å²) in [5.74, 6) is 0.411. The fourth-order valence-corrected chi connectivity index (χ4v) is 2.85. The summed E-state index contributed by atoms with van der Waals surface area (Å²) in [5.41, 5.74) is 9.98. The maximum absolute atomic E-state index is 4.50. The van der Waals surface area contributed by atoms with Crippen molar-refractivity contribution in [2.45, 2.75) is 19.3 Å². The van der Waals surface area contributed by atoms with E-state index in [9.17, 15) is 0 Å². The molecule has 0 fully saturated rings. The Morgan fingerprint density at radius 3 is 1.87 bits per heavy atom. The van der Waals surface area contributed by atoms with Crippen molar-refractivity contribution >= 4 is 0 Å². The van der Waals surface area contributed by atoms with Gasteiger partial charge in [-0.3, -0.25) is 0 Å². The first-order valence-corrected chi connectivity index (χ1v) is 8.06. The molecule has 3 aromatic rings. The summed E-state index contributed by atoms with van der Waals surface area (Å²) >= 11 is 0. The molecule has 0 radical (unpaired) electrons. The summed E-state index contributed by atoms with van der Waals surface area (Å²) in [6.07, 6.45) is 1.04. The van der Waals surface area contributed by atoms with Gasteiger partial charge in [0.15, 0.2) is 0 Å². The molecular weight excluding hydrogens is 278 g/mol. The molecule has 0 saturated heterocycles. The quantitative estimate of drug-likeness (QED) is 0.725. The van der Waals surface area contributed by atoms with E-state index in [2.05, 4.69) is 97.6 Å². The van der Waals surface area contributed by atoms with Gasteiger partial charge in [0.2, 0.25) is 0 Å². The van der Waals surface area contributed by atoms with Gasteiger partial charge in [-0.15, -0.1) is 0 Å². The lowest BCUT2D eigenvalue weighted by atomic mass is 9.85. The van der Waals surface area contributed by atoms with Gasteiger partial charge in [-0.05, 0) is 37.1 Å². The SMILES string of the molecule is CN.Cc1cccc(C(Cc2ccccc2)c2ccccc2)c1. The fraction of sp³-hybridized carbons (Fsp3) is 0.182. The molecule has 118 valence electrons. The molecule has 1 atom stereocenters. The molecule has 0 heterocycles. The lowest BCUT2D eigenvalue weighted by Crippen LogP contribution is -2.05. The number of benzene rings is 3. The van der Waals surface area contributed by atoms with Crippen LogP contribution in [0.4, 0.5) is 0 Å². The van der Waals surface area contributed by atoms with Gasteiger partial charge >= 0.3 is 0 Å². The largest absolute Gasteiger partial charge is 0.333 e. The first-order chi connectivity index (χ1) is 11.3. The Balaban J connectivity index is 0.000000924. The summed E-state index contributed by atoms with van der Waals surface area (Å²) in [6, 6.07) is 30.4. The minimum absolute atomic E-state index is 0.411. The van der Waals surface area contributed by atoms with E-state index in [1.807, 2.05) is 0 Å². The zero-order chi connectivity index (χ0) is 16.5. The zero-order valence-electron chi connectivity index (χ0n) is 13.9. The van der Waals surface area contributed by atoms with Gasteiger partial charge in [-0.2, -0.15) is 0 Å². The summed E-state index contributed by atoms with van der Waals surface area (Å²) < 4.78 is 0. The Kier molecular flexibility index (Phi) is 6.58. The fourth-order valence-electron chi connectivity index (χ4n) is 2.85. The van der Waals surface area contributed by atoms with Crippen LogP contribution in [-0.4, -0.2) is 7.05 Å². The second kappa shape index (κ2) is 8.92. The van der Waals surface area contributed by atoms with Gasteiger partial charge in [-0.25, -0.2) is 0 Å². The third-order valence-electron chi connectivity index (χ3n) is 3.93. The van der Waals surface area contributed by atoms with Gasteiger partial charge in [0.1, 0.15) is 0 Å². The third kappa shape index (κ3) is 4.80. The predicted octanol–water partition coefficient (Wildman–Crippen LogP) is 4.94. The summed E-state index contributed by atoms with van der Waals surface area (Å²) in [6.45, 7) is 2.16. The average Bonchev–Trinajstić information content (AvgIpc) is 2.63. The Bertz CT molecular complexity index is 689. The van der Waals surface area contributed by atoms with Gasteiger partial charge in [0, 0.05) is 5.92 Å². The average molecular weight is 303 g/mol. The lowest BCUT2D eigenvalue weighted by Gasteiger charge is -2.19. The maximum Gasteiger partial charge on any atom is 0.0130 e. The van der Waals surface area contributed by atoms with E-state index in [1.54, 1.807) is 0 Å². The van der Waals surface area contributed by atoms with Gasteiger partial charge in [0.05, 0.1) is 0 Å². The van der Waals surface area contributed by atoms with Crippen LogP contribution in [0.5, 0.6) is 0 Å². The second-order valence-electron chi connectivity index (χ2n) is 5.57. The highest BCUT2D eigenvalue weighted by Gasteiger charge is 2.14. The molecule has 0 bridgehead atoms. The molecule has 0 aliphatic heterocycles. The first-order valence-electron chi connectivity index (χ1n) is 8.06. The van der Waals surface area contributed by atoms with Crippen LogP contribution in [0.3, 0.4) is 0 Å². The number of nitrogens with two attached hydrogens (primary N) is 1. The van der Waals surface area contributed by atoms with Crippen molar-refractivity contribution in [3.63, 3.8) is 0 Å². The molecule has 3 aromatic carbocycles.